The number of nitrogens with one attached hydrogen (secondary N) is 1. The number of ether oxygens (including phenoxy) is 2. The highest BCUT2D eigenvalue weighted by atomic mass is 32.1. The second-order valence-corrected chi connectivity index (χ2v) is 6.07. The van der Waals surface area contributed by atoms with Crippen LogP contribution >= 0.6 is 11.3 Å². The molecule has 1 aromatic heterocycles. The summed E-state index contributed by atoms with van der Waals surface area (Å²) in [4.78, 5) is 24.7. The number of anilines is 1. The molecule has 0 aliphatic rings. The summed E-state index contributed by atoms with van der Waals surface area (Å²) in [7, 11) is 2.98. The third kappa shape index (κ3) is 3.45. The maximum atomic E-state index is 12.4. The van der Waals surface area contributed by atoms with E-state index in [1.54, 1.807) is 25.1 Å². The lowest BCUT2D eigenvalue weighted by molar-refractivity contribution is 0.0697. The van der Waals surface area contributed by atoms with E-state index in [0.29, 0.717) is 27.6 Å². The van der Waals surface area contributed by atoms with Gasteiger partial charge in [0.05, 0.1) is 19.8 Å². The van der Waals surface area contributed by atoms with E-state index >= 15 is 0 Å². The Labute approximate surface area is 137 Å². The molecule has 1 amide bonds. The van der Waals surface area contributed by atoms with Crippen LogP contribution in [-0.4, -0.2) is 31.2 Å². The standard InChI is InChI=1S/C16H17NO5S/c1-8-9(2)23-15(13(8)16(19)20)17-14(18)10-5-11(21-3)7-12(6-10)22-4/h5-7H,1-4H3,(H,17,18)(H,19,20). The van der Waals surface area contributed by atoms with E-state index < -0.39 is 11.9 Å². The topological polar surface area (TPSA) is 84.9 Å². The average molecular weight is 335 g/mol. The molecule has 2 rings (SSSR count). The molecule has 122 valence electrons. The van der Waals surface area contributed by atoms with Crippen molar-refractivity contribution in [2.45, 2.75) is 13.8 Å². The smallest absolute Gasteiger partial charge is 0.338 e. The van der Waals surface area contributed by atoms with Gasteiger partial charge in [-0.05, 0) is 31.5 Å². The van der Waals surface area contributed by atoms with Gasteiger partial charge in [0.15, 0.2) is 0 Å². The molecule has 2 aromatic rings. The zero-order chi connectivity index (χ0) is 17.1. The van der Waals surface area contributed by atoms with Crippen molar-refractivity contribution in [3.8, 4) is 11.5 Å². The first-order valence-electron chi connectivity index (χ1n) is 6.75. The third-order valence-electron chi connectivity index (χ3n) is 3.44. The molecule has 0 bridgehead atoms. The Bertz CT molecular complexity index is 744. The van der Waals surface area contributed by atoms with Crippen LogP contribution in [0, 0.1) is 13.8 Å². The Morgan fingerprint density at radius 2 is 1.65 bits per heavy atom. The fraction of sp³-hybridized carbons (Fsp3) is 0.250. The summed E-state index contributed by atoms with van der Waals surface area (Å²) in [6, 6.07) is 4.77. The maximum absolute atomic E-state index is 12.4. The number of aromatic carboxylic acids is 1. The fourth-order valence-corrected chi connectivity index (χ4v) is 3.13. The lowest BCUT2D eigenvalue weighted by Crippen LogP contribution is -2.14. The van der Waals surface area contributed by atoms with Crippen molar-refractivity contribution in [2.75, 3.05) is 19.5 Å². The number of amides is 1. The fourth-order valence-electron chi connectivity index (χ4n) is 2.09. The Balaban J connectivity index is 2.37. The Morgan fingerprint density at radius 1 is 1.09 bits per heavy atom. The van der Waals surface area contributed by atoms with Crippen LogP contribution in [0.3, 0.4) is 0 Å². The van der Waals surface area contributed by atoms with Crippen molar-refractivity contribution in [3.63, 3.8) is 0 Å². The van der Waals surface area contributed by atoms with Crippen LogP contribution in [0.2, 0.25) is 0 Å². The van der Waals surface area contributed by atoms with Gasteiger partial charge in [0, 0.05) is 16.5 Å². The number of thiophene rings is 1. The Morgan fingerprint density at radius 3 is 2.13 bits per heavy atom. The number of carbonyl (C=O) groups excluding carboxylic acids is 1. The lowest BCUT2D eigenvalue weighted by Gasteiger charge is -2.09. The Kier molecular flexibility index (Phi) is 4.90. The van der Waals surface area contributed by atoms with Gasteiger partial charge in [-0.15, -0.1) is 11.3 Å². The minimum atomic E-state index is -1.06. The van der Waals surface area contributed by atoms with Gasteiger partial charge in [0.2, 0.25) is 0 Å². The summed E-state index contributed by atoms with van der Waals surface area (Å²) >= 11 is 1.24. The highest BCUT2D eigenvalue weighted by Gasteiger charge is 2.21. The molecular weight excluding hydrogens is 318 g/mol. The van der Waals surface area contributed by atoms with Crippen molar-refractivity contribution in [3.05, 3.63) is 39.8 Å². The predicted octanol–water partition coefficient (Wildman–Crippen LogP) is 3.33. The molecule has 0 saturated carbocycles. The minimum Gasteiger partial charge on any atom is -0.497 e. The monoisotopic (exact) mass is 335 g/mol. The van der Waals surface area contributed by atoms with Gasteiger partial charge >= 0.3 is 5.97 Å². The summed E-state index contributed by atoms with van der Waals surface area (Å²) in [6.07, 6.45) is 0. The molecule has 0 unspecified atom stereocenters. The van der Waals surface area contributed by atoms with Crippen LogP contribution in [-0.2, 0) is 0 Å². The van der Waals surface area contributed by atoms with Gasteiger partial charge in [0.1, 0.15) is 16.5 Å². The van der Waals surface area contributed by atoms with Crippen molar-refractivity contribution in [1.29, 1.82) is 0 Å². The third-order valence-corrected chi connectivity index (χ3v) is 4.56. The first-order chi connectivity index (χ1) is 10.9. The van der Waals surface area contributed by atoms with E-state index in [2.05, 4.69) is 5.32 Å². The largest absolute Gasteiger partial charge is 0.497 e. The van der Waals surface area contributed by atoms with Crippen LogP contribution in [0.15, 0.2) is 18.2 Å². The summed E-state index contributed by atoms with van der Waals surface area (Å²) in [5, 5.41) is 12.3. The molecule has 23 heavy (non-hydrogen) atoms. The maximum Gasteiger partial charge on any atom is 0.338 e. The first-order valence-corrected chi connectivity index (χ1v) is 7.56. The second kappa shape index (κ2) is 6.70. The highest BCUT2D eigenvalue weighted by Crippen LogP contribution is 2.33. The number of carboxylic acids is 1. The van der Waals surface area contributed by atoms with Gasteiger partial charge in [0.25, 0.3) is 5.91 Å². The van der Waals surface area contributed by atoms with Crippen LogP contribution in [0.5, 0.6) is 11.5 Å². The number of hydrogen-bond donors (Lipinski definition) is 2. The molecule has 0 aliphatic carbocycles. The SMILES string of the molecule is COc1cc(OC)cc(C(=O)Nc2sc(C)c(C)c2C(=O)O)c1. The van der Waals surface area contributed by atoms with E-state index in [-0.39, 0.29) is 5.56 Å². The van der Waals surface area contributed by atoms with Gasteiger partial charge < -0.3 is 19.9 Å². The molecule has 6 nitrogen and oxygen atoms in total. The van der Waals surface area contributed by atoms with E-state index in [0.717, 1.165) is 4.88 Å². The number of carbonyl (C=O) groups is 2. The number of rotatable bonds is 5. The minimum absolute atomic E-state index is 0.121. The predicted molar refractivity (Wildman–Crippen MR) is 88.3 cm³/mol. The summed E-state index contributed by atoms with van der Waals surface area (Å²) in [6.45, 7) is 3.54. The molecule has 0 aliphatic heterocycles. The molecule has 0 saturated heterocycles. The van der Waals surface area contributed by atoms with Gasteiger partial charge in [-0.3, -0.25) is 4.79 Å². The molecule has 0 atom stereocenters. The lowest BCUT2D eigenvalue weighted by atomic mass is 10.1. The number of carboxylic acid groups (broad SMARTS) is 1. The number of benzene rings is 1. The van der Waals surface area contributed by atoms with E-state index in [1.807, 2.05) is 6.92 Å². The van der Waals surface area contributed by atoms with Crippen LogP contribution in [0.1, 0.15) is 31.2 Å². The van der Waals surface area contributed by atoms with Gasteiger partial charge in [-0.2, -0.15) is 0 Å². The molecule has 0 spiro atoms. The normalized spacial score (nSPS) is 10.3. The number of methoxy groups -OCH3 is 2. The molecule has 7 heteroatoms. The van der Waals surface area contributed by atoms with Crippen molar-refractivity contribution in [2.24, 2.45) is 0 Å². The molecule has 1 aromatic carbocycles. The highest BCUT2D eigenvalue weighted by molar-refractivity contribution is 7.16. The average Bonchev–Trinajstić information content (AvgIpc) is 2.80. The summed E-state index contributed by atoms with van der Waals surface area (Å²) in [5.41, 5.74) is 1.10. The van der Waals surface area contributed by atoms with E-state index in [1.165, 1.54) is 25.6 Å². The van der Waals surface area contributed by atoms with E-state index in [4.69, 9.17) is 9.47 Å². The van der Waals surface area contributed by atoms with Crippen molar-refractivity contribution in [1.82, 2.24) is 0 Å². The van der Waals surface area contributed by atoms with Crippen LogP contribution < -0.4 is 14.8 Å². The molecular formula is C16H17NO5S. The second-order valence-electron chi connectivity index (χ2n) is 4.85. The molecule has 2 N–H and O–H groups in total. The number of aryl methyl sites for hydroxylation is 1. The number of hydrogen-bond acceptors (Lipinski definition) is 5. The first kappa shape index (κ1) is 16.8. The molecule has 0 radical (unpaired) electrons. The van der Waals surface area contributed by atoms with Crippen molar-refractivity contribution < 1.29 is 24.2 Å². The van der Waals surface area contributed by atoms with Crippen LogP contribution in [0.4, 0.5) is 5.00 Å². The van der Waals surface area contributed by atoms with Gasteiger partial charge in [-0.1, -0.05) is 0 Å². The zero-order valence-electron chi connectivity index (χ0n) is 13.2. The molecule has 0 fully saturated rings. The zero-order valence-corrected chi connectivity index (χ0v) is 14.0. The van der Waals surface area contributed by atoms with Crippen LogP contribution in [0.25, 0.3) is 0 Å². The summed E-state index contributed by atoms with van der Waals surface area (Å²) < 4.78 is 10.3. The Hall–Kier alpha value is -2.54. The van der Waals surface area contributed by atoms with Crippen molar-refractivity contribution >= 4 is 28.2 Å². The summed E-state index contributed by atoms with van der Waals surface area (Å²) in [5.74, 6) is -0.533. The quantitative estimate of drug-likeness (QED) is 0.875. The molecule has 1 heterocycles. The van der Waals surface area contributed by atoms with E-state index in [9.17, 15) is 14.7 Å². The van der Waals surface area contributed by atoms with Gasteiger partial charge in [-0.25, -0.2) is 4.79 Å².